The molecule has 2 aromatic carbocycles. The van der Waals surface area contributed by atoms with Gasteiger partial charge in [-0.25, -0.2) is 9.79 Å². The maximum absolute atomic E-state index is 13.8. The number of rotatable bonds is 5. The van der Waals surface area contributed by atoms with Crippen LogP contribution >= 0.6 is 34.5 Å². The summed E-state index contributed by atoms with van der Waals surface area (Å²) in [6.07, 6.45) is 1.64. The minimum Gasteiger partial charge on any atom is -0.463 e. The van der Waals surface area contributed by atoms with Gasteiger partial charge in [0.25, 0.3) is 5.56 Å². The number of aromatic nitrogens is 1. The first-order valence-electron chi connectivity index (χ1n) is 12.0. The third-order valence-corrected chi connectivity index (χ3v) is 8.15. The molecule has 2 aliphatic rings. The minimum absolute atomic E-state index is 0.104. The number of benzene rings is 2. The lowest BCUT2D eigenvalue weighted by molar-refractivity contribution is -0.139. The molecule has 4 heterocycles. The lowest BCUT2D eigenvalue weighted by atomic mass is 9.95. The highest BCUT2D eigenvalue weighted by Crippen LogP contribution is 2.38. The third-order valence-electron chi connectivity index (χ3n) is 6.35. The summed E-state index contributed by atoms with van der Waals surface area (Å²) in [7, 11) is 0. The van der Waals surface area contributed by atoms with E-state index in [1.807, 2.05) is 0 Å². The van der Waals surface area contributed by atoms with Crippen LogP contribution in [0.3, 0.4) is 0 Å². The van der Waals surface area contributed by atoms with Gasteiger partial charge in [-0.15, -0.1) is 0 Å². The summed E-state index contributed by atoms with van der Waals surface area (Å²) < 4.78 is 24.2. The van der Waals surface area contributed by atoms with Gasteiger partial charge in [-0.1, -0.05) is 46.7 Å². The topological polar surface area (TPSA) is 92.3 Å². The second kappa shape index (κ2) is 10.1. The van der Waals surface area contributed by atoms with Crippen molar-refractivity contribution in [1.29, 1.82) is 0 Å². The van der Waals surface area contributed by atoms with E-state index in [2.05, 4.69) is 4.99 Å². The average Bonchev–Trinajstić information content (AvgIpc) is 3.64. The molecule has 0 unspecified atom stereocenters. The molecule has 1 atom stereocenters. The standard InChI is InChI=1S/C28H20Cl2N2O6S/c1-3-35-27(34)23-14(2)31-28-32(25(23)15-7-9-20-21(11-15)37-13-36-20)26(33)22(39-28)12-16-8-10-19(38-16)17-5-4-6-18(29)24(17)30/h4-12,25H,3,13H2,1-2H3/b22-12+/t25-/m1/s1. The molecule has 2 aromatic heterocycles. The van der Waals surface area contributed by atoms with Crippen LogP contribution in [0.5, 0.6) is 11.5 Å². The zero-order valence-electron chi connectivity index (χ0n) is 20.7. The van der Waals surface area contributed by atoms with Crippen molar-refractivity contribution < 1.29 is 23.4 Å². The summed E-state index contributed by atoms with van der Waals surface area (Å²) in [5.41, 5.74) is 1.74. The van der Waals surface area contributed by atoms with Crippen LogP contribution in [0.2, 0.25) is 10.0 Å². The molecule has 0 spiro atoms. The smallest absolute Gasteiger partial charge is 0.338 e. The Labute approximate surface area is 236 Å². The summed E-state index contributed by atoms with van der Waals surface area (Å²) in [6, 6.07) is 13.4. The number of hydrogen-bond acceptors (Lipinski definition) is 8. The monoisotopic (exact) mass is 582 g/mol. The van der Waals surface area contributed by atoms with Gasteiger partial charge >= 0.3 is 5.97 Å². The molecule has 2 aliphatic heterocycles. The quantitative estimate of drug-likeness (QED) is 0.304. The van der Waals surface area contributed by atoms with Crippen LogP contribution in [0.15, 0.2) is 74.0 Å². The van der Waals surface area contributed by atoms with Crippen LogP contribution in [0.1, 0.15) is 31.2 Å². The highest BCUT2D eigenvalue weighted by Gasteiger charge is 2.34. The van der Waals surface area contributed by atoms with E-state index in [1.54, 1.807) is 68.5 Å². The number of carbonyl (C=O) groups is 1. The molecule has 11 heteroatoms. The Kier molecular flexibility index (Phi) is 6.58. The molecular formula is C28H20Cl2N2O6S. The van der Waals surface area contributed by atoms with Crippen LogP contribution < -0.4 is 24.4 Å². The molecule has 0 radical (unpaired) electrons. The first kappa shape index (κ1) is 25.5. The number of carbonyl (C=O) groups excluding carboxylic acids is 1. The van der Waals surface area contributed by atoms with Crippen LogP contribution in [0, 0.1) is 0 Å². The number of fused-ring (bicyclic) bond motifs is 2. The molecule has 0 aliphatic carbocycles. The van der Waals surface area contributed by atoms with Crippen molar-refractivity contribution in [3.05, 3.63) is 101 Å². The lowest BCUT2D eigenvalue weighted by Crippen LogP contribution is -2.39. The maximum atomic E-state index is 13.8. The summed E-state index contributed by atoms with van der Waals surface area (Å²) >= 11 is 13.7. The second-order valence-corrected chi connectivity index (χ2v) is 10.5. The van der Waals surface area contributed by atoms with E-state index in [0.717, 1.165) is 0 Å². The van der Waals surface area contributed by atoms with Crippen LogP contribution in [0.25, 0.3) is 17.4 Å². The molecule has 6 rings (SSSR count). The predicted molar refractivity (Wildman–Crippen MR) is 147 cm³/mol. The van der Waals surface area contributed by atoms with Gasteiger partial charge < -0.3 is 18.6 Å². The SMILES string of the molecule is CCOC(=O)C1=C(C)N=c2s/c(=C/c3ccc(-c4cccc(Cl)c4Cl)o3)c(=O)n2[C@@H]1c1ccc2c(c1)OCO2. The van der Waals surface area contributed by atoms with Gasteiger partial charge in [-0.2, -0.15) is 0 Å². The van der Waals surface area contributed by atoms with Gasteiger partial charge in [-0.05, 0) is 55.8 Å². The van der Waals surface area contributed by atoms with Crippen molar-refractivity contribution in [3.8, 4) is 22.8 Å². The van der Waals surface area contributed by atoms with Gasteiger partial charge in [0.05, 0.1) is 38.5 Å². The van der Waals surface area contributed by atoms with Crippen molar-refractivity contribution in [1.82, 2.24) is 4.57 Å². The van der Waals surface area contributed by atoms with Gasteiger partial charge in [0.15, 0.2) is 16.3 Å². The number of nitrogens with zero attached hydrogens (tertiary/aromatic N) is 2. The normalized spacial score (nSPS) is 16.3. The Bertz CT molecular complexity index is 1850. The van der Waals surface area contributed by atoms with Crippen molar-refractivity contribution in [3.63, 3.8) is 0 Å². The molecule has 0 fully saturated rings. The molecule has 0 saturated heterocycles. The molecule has 0 N–H and O–H groups in total. The highest BCUT2D eigenvalue weighted by atomic mass is 35.5. The summed E-state index contributed by atoms with van der Waals surface area (Å²) in [6.45, 7) is 3.75. The number of esters is 1. The summed E-state index contributed by atoms with van der Waals surface area (Å²) in [5, 5.41) is 0.793. The Balaban J connectivity index is 1.48. The van der Waals surface area contributed by atoms with Crippen molar-refractivity contribution in [2.75, 3.05) is 13.4 Å². The van der Waals surface area contributed by atoms with E-state index >= 15 is 0 Å². The first-order chi connectivity index (χ1) is 18.9. The maximum Gasteiger partial charge on any atom is 0.338 e. The fraction of sp³-hybridized carbons (Fsp3) is 0.179. The van der Waals surface area contributed by atoms with E-state index in [0.29, 0.717) is 59.2 Å². The summed E-state index contributed by atoms with van der Waals surface area (Å²) in [4.78, 5) is 31.9. The number of thiazole rings is 1. The number of halogens is 2. The largest absolute Gasteiger partial charge is 0.463 e. The van der Waals surface area contributed by atoms with Crippen LogP contribution in [-0.2, 0) is 9.53 Å². The van der Waals surface area contributed by atoms with Gasteiger partial charge in [0.1, 0.15) is 11.5 Å². The Morgan fingerprint density at radius 3 is 2.82 bits per heavy atom. The molecule has 0 bridgehead atoms. The first-order valence-corrected chi connectivity index (χ1v) is 13.6. The van der Waals surface area contributed by atoms with Crippen LogP contribution in [0.4, 0.5) is 0 Å². The fourth-order valence-electron chi connectivity index (χ4n) is 4.59. The predicted octanol–water partition coefficient (Wildman–Crippen LogP) is 5.09. The zero-order valence-corrected chi connectivity index (χ0v) is 23.0. The molecule has 198 valence electrons. The molecule has 0 amide bonds. The molecule has 39 heavy (non-hydrogen) atoms. The minimum atomic E-state index is -0.769. The Morgan fingerprint density at radius 1 is 1.18 bits per heavy atom. The average molecular weight is 583 g/mol. The van der Waals surface area contributed by atoms with E-state index in [4.69, 9.17) is 41.8 Å². The Hall–Kier alpha value is -3.79. The summed E-state index contributed by atoms with van der Waals surface area (Å²) in [5.74, 6) is 1.56. The molecular weight excluding hydrogens is 563 g/mol. The van der Waals surface area contributed by atoms with Gasteiger partial charge in [-0.3, -0.25) is 9.36 Å². The Morgan fingerprint density at radius 2 is 2.00 bits per heavy atom. The molecule has 4 aromatic rings. The molecule has 8 nitrogen and oxygen atoms in total. The van der Waals surface area contributed by atoms with E-state index in [9.17, 15) is 9.59 Å². The van der Waals surface area contributed by atoms with Crippen molar-refractivity contribution in [2.45, 2.75) is 19.9 Å². The number of hydrogen-bond donors (Lipinski definition) is 0. The van der Waals surface area contributed by atoms with Crippen molar-refractivity contribution in [2.24, 2.45) is 4.99 Å². The van der Waals surface area contributed by atoms with Gasteiger partial charge in [0.2, 0.25) is 6.79 Å². The van der Waals surface area contributed by atoms with Crippen molar-refractivity contribution >= 4 is 46.6 Å². The highest BCUT2D eigenvalue weighted by molar-refractivity contribution is 7.07. The lowest BCUT2D eigenvalue weighted by Gasteiger charge is -2.24. The zero-order chi connectivity index (χ0) is 27.3. The van der Waals surface area contributed by atoms with E-state index < -0.39 is 12.0 Å². The molecule has 0 saturated carbocycles. The second-order valence-electron chi connectivity index (χ2n) is 8.72. The van der Waals surface area contributed by atoms with Gasteiger partial charge in [0, 0.05) is 11.6 Å². The number of allylic oxidation sites excluding steroid dienone is 1. The number of furan rings is 1. The number of ether oxygens (including phenoxy) is 3. The van der Waals surface area contributed by atoms with Crippen LogP contribution in [-0.4, -0.2) is 23.9 Å². The third kappa shape index (κ3) is 4.46. The fourth-order valence-corrected chi connectivity index (χ4v) is 6.01. The van der Waals surface area contributed by atoms with E-state index in [1.165, 1.54) is 15.9 Å². The van der Waals surface area contributed by atoms with E-state index in [-0.39, 0.29) is 24.5 Å².